The summed E-state index contributed by atoms with van der Waals surface area (Å²) in [5.74, 6) is 0.241. The van der Waals surface area contributed by atoms with Crippen molar-refractivity contribution in [2.24, 2.45) is 0 Å². The molecule has 1 saturated heterocycles. The first-order valence-electron chi connectivity index (χ1n) is 8.39. The first kappa shape index (κ1) is 16.1. The first-order chi connectivity index (χ1) is 11.7. The van der Waals surface area contributed by atoms with E-state index in [1.807, 2.05) is 29.2 Å². The average Bonchev–Trinajstić information content (AvgIpc) is 3.01. The quantitative estimate of drug-likeness (QED) is 0.808. The van der Waals surface area contributed by atoms with Crippen LogP contribution in [0, 0.1) is 0 Å². The van der Waals surface area contributed by atoms with Gasteiger partial charge in [-0.25, -0.2) is 0 Å². The molecule has 0 saturated carbocycles. The minimum Gasteiger partial charge on any atom is -0.381 e. The van der Waals surface area contributed by atoms with Crippen LogP contribution in [0.25, 0.3) is 0 Å². The lowest BCUT2D eigenvalue weighted by Crippen LogP contribution is -2.51. The van der Waals surface area contributed by atoms with Crippen LogP contribution in [0.2, 0.25) is 4.34 Å². The highest BCUT2D eigenvalue weighted by molar-refractivity contribution is 7.16. The summed E-state index contributed by atoms with van der Waals surface area (Å²) in [6, 6.07) is 12.2. The molecule has 24 heavy (non-hydrogen) atoms. The Morgan fingerprint density at radius 1 is 1.21 bits per heavy atom. The fourth-order valence-corrected chi connectivity index (χ4v) is 5.17. The van der Waals surface area contributed by atoms with Gasteiger partial charge in [-0.3, -0.25) is 4.79 Å². The second-order valence-electron chi connectivity index (χ2n) is 6.54. The molecule has 0 unspecified atom stereocenters. The molecular formula is C19H20ClNO2S. The molecule has 4 rings (SSSR count). The van der Waals surface area contributed by atoms with E-state index < -0.39 is 5.41 Å². The Kier molecular flexibility index (Phi) is 4.37. The molecule has 1 amide bonds. The second-order valence-corrected chi connectivity index (χ2v) is 8.30. The Morgan fingerprint density at radius 3 is 2.71 bits per heavy atom. The van der Waals surface area contributed by atoms with Gasteiger partial charge in [0.1, 0.15) is 0 Å². The number of carbonyl (C=O) groups excluding carboxylic acids is 1. The van der Waals surface area contributed by atoms with E-state index in [9.17, 15) is 4.79 Å². The lowest BCUT2D eigenvalue weighted by molar-refractivity contribution is -0.142. The fourth-order valence-electron chi connectivity index (χ4n) is 3.88. The Bertz CT molecular complexity index is 737. The molecule has 1 fully saturated rings. The first-order valence-corrected chi connectivity index (χ1v) is 9.58. The minimum absolute atomic E-state index is 0.241. The highest BCUT2D eigenvalue weighted by Crippen LogP contribution is 2.39. The molecule has 3 nitrogen and oxygen atoms in total. The number of benzene rings is 1. The third-order valence-corrected chi connectivity index (χ3v) is 6.57. The highest BCUT2D eigenvalue weighted by atomic mass is 35.5. The number of amides is 1. The predicted molar refractivity (Wildman–Crippen MR) is 96.6 cm³/mol. The van der Waals surface area contributed by atoms with Gasteiger partial charge >= 0.3 is 0 Å². The van der Waals surface area contributed by atoms with Crippen LogP contribution in [0.4, 0.5) is 0 Å². The van der Waals surface area contributed by atoms with Crippen LogP contribution in [0.1, 0.15) is 28.8 Å². The van der Waals surface area contributed by atoms with Gasteiger partial charge in [0.15, 0.2) is 0 Å². The number of fused-ring (bicyclic) bond motifs is 1. The normalized spacial score (nSPS) is 19.8. The molecule has 2 aromatic rings. The van der Waals surface area contributed by atoms with Crippen LogP contribution < -0.4 is 0 Å². The molecule has 0 spiro atoms. The molecule has 0 aliphatic carbocycles. The van der Waals surface area contributed by atoms with Crippen molar-refractivity contribution in [3.05, 3.63) is 56.7 Å². The summed E-state index contributed by atoms with van der Waals surface area (Å²) >= 11 is 7.79. The van der Waals surface area contributed by atoms with Crippen LogP contribution in [-0.4, -0.2) is 30.6 Å². The third kappa shape index (κ3) is 2.77. The zero-order valence-electron chi connectivity index (χ0n) is 13.5. The number of halogens is 1. The van der Waals surface area contributed by atoms with Crippen LogP contribution in [0.5, 0.6) is 0 Å². The van der Waals surface area contributed by atoms with E-state index in [4.69, 9.17) is 16.3 Å². The van der Waals surface area contributed by atoms with Crippen LogP contribution in [-0.2, 0) is 27.9 Å². The van der Waals surface area contributed by atoms with Gasteiger partial charge in [0.05, 0.1) is 9.75 Å². The molecule has 1 aromatic carbocycles. The number of hydrogen-bond donors (Lipinski definition) is 0. The zero-order chi connectivity index (χ0) is 16.6. The molecule has 2 aliphatic heterocycles. The summed E-state index contributed by atoms with van der Waals surface area (Å²) < 4.78 is 6.37. The lowest BCUT2D eigenvalue weighted by Gasteiger charge is -2.41. The number of thiophene rings is 1. The molecule has 2 aliphatic rings. The smallest absolute Gasteiger partial charge is 0.233 e. The maximum atomic E-state index is 13.5. The molecule has 0 bridgehead atoms. The molecule has 0 radical (unpaired) electrons. The van der Waals surface area contributed by atoms with E-state index in [-0.39, 0.29) is 5.91 Å². The number of ether oxygens (including phenoxy) is 1. The summed E-state index contributed by atoms with van der Waals surface area (Å²) in [4.78, 5) is 16.9. The van der Waals surface area contributed by atoms with Crippen molar-refractivity contribution in [2.45, 2.75) is 31.2 Å². The van der Waals surface area contributed by atoms with E-state index in [0.717, 1.165) is 35.7 Å². The van der Waals surface area contributed by atoms with Crippen molar-refractivity contribution >= 4 is 28.8 Å². The van der Waals surface area contributed by atoms with Gasteiger partial charge in [0.2, 0.25) is 5.91 Å². The topological polar surface area (TPSA) is 29.5 Å². The standard InChI is InChI=1S/C19H20ClNO2S/c20-17-12-14-13-21(9-6-16(14)24-17)18(22)19(7-10-23-11-8-19)15-4-2-1-3-5-15/h1-5,12H,6-11,13H2. The van der Waals surface area contributed by atoms with E-state index in [0.29, 0.717) is 19.8 Å². The SMILES string of the molecule is O=C(N1CCc2sc(Cl)cc2C1)C1(c2ccccc2)CCOCC1. The third-order valence-electron chi connectivity index (χ3n) is 5.21. The molecule has 126 valence electrons. The Morgan fingerprint density at radius 2 is 1.96 bits per heavy atom. The van der Waals surface area contributed by atoms with E-state index in [1.54, 1.807) is 11.3 Å². The fraction of sp³-hybridized carbons (Fsp3) is 0.421. The summed E-state index contributed by atoms with van der Waals surface area (Å²) in [5, 5.41) is 0. The maximum absolute atomic E-state index is 13.5. The van der Waals surface area contributed by atoms with Crippen molar-refractivity contribution in [1.82, 2.24) is 4.90 Å². The van der Waals surface area contributed by atoms with E-state index in [1.165, 1.54) is 10.4 Å². The van der Waals surface area contributed by atoms with E-state index in [2.05, 4.69) is 12.1 Å². The summed E-state index contributed by atoms with van der Waals surface area (Å²) in [6.45, 7) is 2.74. The van der Waals surface area contributed by atoms with Crippen LogP contribution in [0.15, 0.2) is 36.4 Å². The number of rotatable bonds is 2. The van der Waals surface area contributed by atoms with Crippen molar-refractivity contribution in [1.29, 1.82) is 0 Å². The Labute approximate surface area is 151 Å². The predicted octanol–water partition coefficient (Wildman–Crippen LogP) is 4.03. The van der Waals surface area contributed by atoms with Crippen molar-refractivity contribution in [3.63, 3.8) is 0 Å². The monoisotopic (exact) mass is 361 g/mol. The molecule has 5 heteroatoms. The van der Waals surface area contributed by atoms with Gasteiger partial charge in [0.25, 0.3) is 0 Å². The highest BCUT2D eigenvalue weighted by Gasteiger charge is 2.44. The Hall–Kier alpha value is -1.36. The van der Waals surface area contributed by atoms with Crippen LogP contribution >= 0.6 is 22.9 Å². The number of nitrogens with zero attached hydrogens (tertiary/aromatic N) is 1. The number of carbonyl (C=O) groups is 1. The summed E-state index contributed by atoms with van der Waals surface area (Å²) in [5.41, 5.74) is 1.88. The summed E-state index contributed by atoms with van der Waals surface area (Å²) in [6.07, 6.45) is 2.41. The van der Waals surface area contributed by atoms with Gasteiger partial charge in [0, 0.05) is 31.2 Å². The second kappa shape index (κ2) is 6.51. The van der Waals surface area contributed by atoms with Gasteiger partial charge in [-0.05, 0) is 36.5 Å². The zero-order valence-corrected chi connectivity index (χ0v) is 15.0. The maximum Gasteiger partial charge on any atom is 0.233 e. The molecule has 3 heterocycles. The number of hydrogen-bond acceptors (Lipinski definition) is 3. The van der Waals surface area contributed by atoms with Crippen LogP contribution in [0.3, 0.4) is 0 Å². The van der Waals surface area contributed by atoms with Crippen molar-refractivity contribution < 1.29 is 9.53 Å². The van der Waals surface area contributed by atoms with Crippen molar-refractivity contribution in [3.8, 4) is 0 Å². The minimum atomic E-state index is -0.448. The van der Waals surface area contributed by atoms with Gasteiger partial charge in [-0.2, -0.15) is 0 Å². The Balaban J connectivity index is 1.65. The van der Waals surface area contributed by atoms with Crippen molar-refractivity contribution in [2.75, 3.05) is 19.8 Å². The average molecular weight is 362 g/mol. The molecule has 0 atom stereocenters. The molecule has 0 N–H and O–H groups in total. The van der Waals surface area contributed by atoms with E-state index >= 15 is 0 Å². The van der Waals surface area contributed by atoms with Gasteiger partial charge < -0.3 is 9.64 Å². The molecule has 1 aromatic heterocycles. The van der Waals surface area contributed by atoms with Gasteiger partial charge in [-0.15, -0.1) is 11.3 Å². The van der Waals surface area contributed by atoms with Gasteiger partial charge in [-0.1, -0.05) is 41.9 Å². The molecular weight excluding hydrogens is 342 g/mol. The lowest BCUT2D eigenvalue weighted by atomic mass is 9.72. The largest absolute Gasteiger partial charge is 0.381 e. The summed E-state index contributed by atoms with van der Waals surface area (Å²) in [7, 11) is 0.